The molecule has 1 aliphatic rings. The molecule has 0 aromatic heterocycles. The number of aryl methyl sites for hydroxylation is 1. The summed E-state index contributed by atoms with van der Waals surface area (Å²) in [5.74, 6) is -0.313. The molecule has 0 saturated heterocycles. The molecule has 1 aliphatic heterocycles. The normalized spacial score (nSPS) is 13.6. The predicted molar refractivity (Wildman–Crippen MR) is 106 cm³/mol. The van der Waals surface area contributed by atoms with Crippen molar-refractivity contribution in [2.45, 2.75) is 19.8 Å². The summed E-state index contributed by atoms with van der Waals surface area (Å²) in [5.41, 5.74) is 7.05. The van der Waals surface area contributed by atoms with Gasteiger partial charge >= 0.3 is 0 Å². The van der Waals surface area contributed by atoms with Crippen LogP contribution in [0.3, 0.4) is 0 Å². The van der Waals surface area contributed by atoms with Crippen LogP contribution in [-0.4, -0.2) is 24.4 Å². The van der Waals surface area contributed by atoms with Crippen molar-refractivity contribution in [3.63, 3.8) is 0 Å². The molecule has 0 saturated carbocycles. The summed E-state index contributed by atoms with van der Waals surface area (Å²) >= 11 is 5.16. The first-order valence-corrected chi connectivity index (χ1v) is 8.80. The molecule has 0 unspecified atom stereocenters. The summed E-state index contributed by atoms with van der Waals surface area (Å²) in [6.07, 6.45) is 4.02. The molecule has 2 aromatic carbocycles. The number of thiocarbonyl (C=S) groups is 1. The first-order valence-electron chi connectivity index (χ1n) is 8.39. The van der Waals surface area contributed by atoms with Crippen LogP contribution in [0.2, 0.25) is 0 Å². The average molecular weight is 356 g/mol. The Morgan fingerprint density at radius 2 is 2.20 bits per heavy atom. The van der Waals surface area contributed by atoms with Crippen LogP contribution in [0, 0.1) is 5.82 Å². The van der Waals surface area contributed by atoms with Gasteiger partial charge in [0.05, 0.1) is 6.21 Å². The maximum absolute atomic E-state index is 13.1. The highest BCUT2D eigenvalue weighted by Gasteiger charge is 2.15. The van der Waals surface area contributed by atoms with Crippen LogP contribution in [0.5, 0.6) is 0 Å². The number of hydrazone groups is 1. The van der Waals surface area contributed by atoms with E-state index in [0.29, 0.717) is 10.8 Å². The van der Waals surface area contributed by atoms with E-state index in [9.17, 15) is 4.39 Å². The van der Waals surface area contributed by atoms with Gasteiger partial charge in [-0.25, -0.2) is 4.39 Å². The van der Waals surface area contributed by atoms with Gasteiger partial charge in [-0.05, 0) is 73.4 Å². The average Bonchev–Trinajstić information content (AvgIpc) is 2.61. The quantitative estimate of drug-likeness (QED) is 0.495. The molecule has 0 amide bonds. The van der Waals surface area contributed by atoms with E-state index >= 15 is 0 Å². The minimum absolute atomic E-state index is 0.313. The van der Waals surface area contributed by atoms with Crippen molar-refractivity contribution < 1.29 is 4.39 Å². The highest BCUT2D eigenvalue weighted by molar-refractivity contribution is 7.80. The number of hydrogen-bond acceptors (Lipinski definition) is 3. The first kappa shape index (κ1) is 17.4. The van der Waals surface area contributed by atoms with Crippen LogP contribution < -0.4 is 15.6 Å². The Hall–Kier alpha value is -2.47. The molecule has 0 radical (unpaired) electrons. The molecule has 4 nitrogen and oxygen atoms in total. The predicted octanol–water partition coefficient (Wildman–Crippen LogP) is 3.92. The van der Waals surface area contributed by atoms with Gasteiger partial charge in [-0.1, -0.05) is 12.1 Å². The number of nitrogens with zero attached hydrogens (tertiary/aromatic N) is 2. The molecule has 25 heavy (non-hydrogen) atoms. The Labute approximate surface area is 152 Å². The van der Waals surface area contributed by atoms with E-state index < -0.39 is 0 Å². The minimum atomic E-state index is -0.313. The standard InChI is InChI=1S/C19H21FN4S/c1-2-24-10-4-5-15-11-14(8-9-18(15)24)13-21-23-19(25)22-17-7-3-6-16(20)12-17/h3,6-9,11-13H,2,4-5,10H2,1H3,(H2,22,23,25). The second-order valence-electron chi connectivity index (χ2n) is 5.91. The van der Waals surface area contributed by atoms with E-state index in [1.165, 1.54) is 29.8 Å². The summed E-state index contributed by atoms with van der Waals surface area (Å²) in [7, 11) is 0. The van der Waals surface area contributed by atoms with Crippen molar-refractivity contribution in [3.8, 4) is 0 Å². The lowest BCUT2D eigenvalue weighted by Gasteiger charge is -2.30. The fraction of sp³-hybridized carbons (Fsp3) is 0.263. The summed E-state index contributed by atoms with van der Waals surface area (Å²) in [5, 5.41) is 7.37. The van der Waals surface area contributed by atoms with Crippen molar-refractivity contribution in [2.24, 2.45) is 5.10 Å². The van der Waals surface area contributed by atoms with Gasteiger partial charge in [0.2, 0.25) is 0 Å². The summed E-state index contributed by atoms with van der Waals surface area (Å²) < 4.78 is 13.1. The summed E-state index contributed by atoms with van der Waals surface area (Å²) in [6.45, 7) is 4.33. The molecule has 2 N–H and O–H groups in total. The zero-order valence-electron chi connectivity index (χ0n) is 14.1. The second-order valence-corrected chi connectivity index (χ2v) is 6.31. The van der Waals surface area contributed by atoms with Crippen LogP contribution in [-0.2, 0) is 6.42 Å². The lowest BCUT2D eigenvalue weighted by Crippen LogP contribution is -2.28. The van der Waals surface area contributed by atoms with E-state index in [1.807, 2.05) is 0 Å². The molecule has 130 valence electrons. The summed E-state index contributed by atoms with van der Waals surface area (Å²) in [4.78, 5) is 2.40. The fourth-order valence-electron chi connectivity index (χ4n) is 2.99. The number of nitrogens with one attached hydrogen (secondary N) is 2. The topological polar surface area (TPSA) is 39.7 Å². The van der Waals surface area contributed by atoms with Gasteiger partial charge in [0.15, 0.2) is 5.11 Å². The SMILES string of the molecule is CCN1CCCc2cc(C=NNC(=S)Nc3cccc(F)c3)ccc21. The number of fused-ring (bicyclic) bond motifs is 1. The van der Waals surface area contributed by atoms with Gasteiger partial charge in [0, 0.05) is 24.5 Å². The lowest BCUT2D eigenvalue weighted by molar-refractivity contribution is 0.628. The van der Waals surface area contributed by atoms with Crippen molar-refractivity contribution >= 4 is 34.9 Å². The number of anilines is 2. The van der Waals surface area contributed by atoms with Crippen LogP contribution in [0.4, 0.5) is 15.8 Å². The highest BCUT2D eigenvalue weighted by atomic mass is 32.1. The molecular weight excluding hydrogens is 335 g/mol. The molecule has 0 fully saturated rings. The Bertz CT molecular complexity index is 791. The van der Waals surface area contributed by atoms with Crippen molar-refractivity contribution in [1.29, 1.82) is 0 Å². The molecule has 0 bridgehead atoms. The number of rotatable bonds is 4. The van der Waals surface area contributed by atoms with Gasteiger partial charge in [-0.2, -0.15) is 5.10 Å². The van der Waals surface area contributed by atoms with Crippen LogP contribution >= 0.6 is 12.2 Å². The Morgan fingerprint density at radius 1 is 1.32 bits per heavy atom. The van der Waals surface area contributed by atoms with Gasteiger partial charge in [-0.15, -0.1) is 0 Å². The molecule has 1 heterocycles. The van der Waals surface area contributed by atoms with Crippen LogP contribution in [0.1, 0.15) is 24.5 Å². The maximum atomic E-state index is 13.1. The summed E-state index contributed by atoms with van der Waals surface area (Å²) in [6, 6.07) is 12.5. The molecule has 3 rings (SSSR count). The number of halogens is 1. The zero-order chi connectivity index (χ0) is 17.6. The Kier molecular flexibility index (Phi) is 5.60. The van der Waals surface area contributed by atoms with E-state index in [1.54, 1.807) is 18.3 Å². The highest BCUT2D eigenvalue weighted by Crippen LogP contribution is 2.27. The molecule has 0 aliphatic carbocycles. The minimum Gasteiger partial charge on any atom is -0.372 e. The third-order valence-corrected chi connectivity index (χ3v) is 4.36. The largest absolute Gasteiger partial charge is 0.372 e. The van der Waals surface area contributed by atoms with Crippen molar-refractivity contribution in [1.82, 2.24) is 5.43 Å². The number of benzene rings is 2. The van der Waals surface area contributed by atoms with Crippen molar-refractivity contribution in [3.05, 3.63) is 59.4 Å². The maximum Gasteiger partial charge on any atom is 0.191 e. The Balaban J connectivity index is 1.60. The third-order valence-electron chi connectivity index (χ3n) is 4.16. The van der Waals surface area contributed by atoms with Crippen LogP contribution in [0.25, 0.3) is 0 Å². The van der Waals surface area contributed by atoms with Gasteiger partial charge in [-0.3, -0.25) is 5.43 Å². The molecule has 2 aromatic rings. The molecule has 6 heteroatoms. The second kappa shape index (κ2) is 8.07. The molecule has 0 atom stereocenters. The molecular formula is C19H21FN4S. The van der Waals surface area contributed by atoms with Gasteiger partial charge < -0.3 is 10.2 Å². The van der Waals surface area contributed by atoms with E-state index in [2.05, 4.69) is 45.9 Å². The smallest absolute Gasteiger partial charge is 0.191 e. The van der Waals surface area contributed by atoms with Gasteiger partial charge in [0.25, 0.3) is 0 Å². The van der Waals surface area contributed by atoms with Crippen LogP contribution in [0.15, 0.2) is 47.6 Å². The number of hydrogen-bond donors (Lipinski definition) is 2. The molecule has 0 spiro atoms. The van der Waals surface area contributed by atoms with E-state index in [-0.39, 0.29) is 5.82 Å². The lowest BCUT2D eigenvalue weighted by atomic mass is 9.99. The van der Waals surface area contributed by atoms with E-state index in [0.717, 1.165) is 25.1 Å². The van der Waals surface area contributed by atoms with E-state index in [4.69, 9.17) is 12.2 Å². The monoisotopic (exact) mass is 356 g/mol. The first-order chi connectivity index (χ1) is 12.2. The Morgan fingerprint density at radius 3 is 3.00 bits per heavy atom. The van der Waals surface area contributed by atoms with Crippen molar-refractivity contribution in [2.75, 3.05) is 23.3 Å². The van der Waals surface area contributed by atoms with Gasteiger partial charge in [0.1, 0.15) is 5.82 Å². The zero-order valence-corrected chi connectivity index (χ0v) is 14.9. The third kappa shape index (κ3) is 4.54. The fourth-order valence-corrected chi connectivity index (χ4v) is 3.17.